The topological polar surface area (TPSA) is 77.2 Å². The quantitative estimate of drug-likeness (QED) is 0.429. The van der Waals surface area contributed by atoms with Gasteiger partial charge < -0.3 is 23.7 Å². The van der Waals surface area contributed by atoms with Crippen molar-refractivity contribution in [3.8, 4) is 17.6 Å². The van der Waals surface area contributed by atoms with E-state index in [1.807, 2.05) is 48.5 Å². The van der Waals surface area contributed by atoms with Crippen molar-refractivity contribution in [1.29, 1.82) is 0 Å². The van der Waals surface area contributed by atoms with Gasteiger partial charge in [-0.3, -0.25) is 4.90 Å². The van der Waals surface area contributed by atoms with Crippen LogP contribution in [-0.4, -0.2) is 61.1 Å². The Hall–Kier alpha value is -2.61. The number of ether oxygens (including phenoxy) is 3. The van der Waals surface area contributed by atoms with Crippen LogP contribution >= 0.6 is 0 Å². The summed E-state index contributed by atoms with van der Waals surface area (Å²) < 4.78 is 22.6. The number of hydrogen-bond donors (Lipinski definition) is 1. The first-order valence-electron chi connectivity index (χ1n) is 10.5. The van der Waals surface area contributed by atoms with E-state index < -0.39 is 0 Å². The van der Waals surface area contributed by atoms with E-state index in [2.05, 4.69) is 9.88 Å². The fraction of sp³-hybridized carbons (Fsp3) is 0.435. The van der Waals surface area contributed by atoms with E-state index in [4.69, 9.17) is 23.7 Å². The second-order valence-electron chi connectivity index (χ2n) is 7.45. The number of nitrogens with zero attached hydrogens (tertiary/aromatic N) is 2. The molecule has 1 saturated carbocycles. The van der Waals surface area contributed by atoms with Gasteiger partial charge in [0.05, 0.1) is 19.8 Å². The Morgan fingerprint density at radius 3 is 2.50 bits per heavy atom. The lowest BCUT2D eigenvalue weighted by Crippen LogP contribution is -2.33. The smallest absolute Gasteiger partial charge is 0.400 e. The fourth-order valence-electron chi connectivity index (χ4n) is 3.21. The van der Waals surface area contributed by atoms with Crippen molar-refractivity contribution in [1.82, 2.24) is 9.88 Å². The number of aliphatic hydroxyl groups is 1. The van der Waals surface area contributed by atoms with Crippen molar-refractivity contribution in [3.05, 3.63) is 48.5 Å². The van der Waals surface area contributed by atoms with Gasteiger partial charge in [0, 0.05) is 19.6 Å². The Bertz CT molecular complexity index is 874. The number of fused-ring (bicyclic) bond motifs is 1. The van der Waals surface area contributed by atoms with Gasteiger partial charge in [0.2, 0.25) is 0 Å². The summed E-state index contributed by atoms with van der Waals surface area (Å²) >= 11 is 0. The minimum Gasteiger partial charge on any atom is -0.492 e. The molecule has 0 atom stereocenters. The van der Waals surface area contributed by atoms with Gasteiger partial charge in [0.25, 0.3) is 0 Å². The highest BCUT2D eigenvalue weighted by Crippen LogP contribution is 2.30. The lowest BCUT2D eigenvalue weighted by atomic mass is 10.3. The van der Waals surface area contributed by atoms with E-state index in [1.54, 1.807) is 0 Å². The molecule has 1 fully saturated rings. The third kappa shape index (κ3) is 6.19. The number of oxazole rings is 1. The molecule has 1 heterocycles. The zero-order valence-electron chi connectivity index (χ0n) is 17.0. The number of para-hydroxylation sites is 2. The molecule has 160 valence electrons. The molecule has 2 aromatic carbocycles. The molecule has 1 N–H and O–H groups in total. The zero-order valence-corrected chi connectivity index (χ0v) is 17.0. The van der Waals surface area contributed by atoms with E-state index in [0.29, 0.717) is 31.2 Å². The van der Waals surface area contributed by atoms with Gasteiger partial charge in [0.15, 0.2) is 5.58 Å². The minimum atomic E-state index is 0.0673. The molecular weight excluding hydrogens is 384 g/mol. The highest BCUT2D eigenvalue weighted by molar-refractivity contribution is 5.72. The maximum atomic E-state index is 8.81. The molecule has 0 bridgehead atoms. The lowest BCUT2D eigenvalue weighted by molar-refractivity contribution is 0.0693. The molecule has 7 heteroatoms. The van der Waals surface area contributed by atoms with Crippen LogP contribution in [0.15, 0.2) is 52.9 Å². The molecule has 3 aromatic rings. The first-order chi connectivity index (χ1) is 14.8. The monoisotopic (exact) mass is 412 g/mol. The van der Waals surface area contributed by atoms with Crippen LogP contribution < -0.4 is 9.47 Å². The number of aromatic nitrogens is 1. The number of hydrogen-bond acceptors (Lipinski definition) is 7. The summed E-state index contributed by atoms with van der Waals surface area (Å²) in [4.78, 5) is 6.69. The highest BCUT2D eigenvalue weighted by Gasteiger charge is 2.24. The molecule has 7 nitrogen and oxygen atoms in total. The van der Waals surface area contributed by atoms with Gasteiger partial charge in [0.1, 0.15) is 23.6 Å². The molecule has 4 rings (SSSR count). The van der Waals surface area contributed by atoms with Crippen LogP contribution in [0.5, 0.6) is 17.6 Å². The van der Waals surface area contributed by atoms with Crippen LogP contribution in [0.2, 0.25) is 0 Å². The van der Waals surface area contributed by atoms with Gasteiger partial charge in [-0.25, -0.2) is 0 Å². The summed E-state index contributed by atoms with van der Waals surface area (Å²) in [5.41, 5.74) is 1.47. The van der Waals surface area contributed by atoms with Crippen LogP contribution in [0.25, 0.3) is 11.1 Å². The predicted molar refractivity (Wildman–Crippen MR) is 113 cm³/mol. The first kappa shape index (κ1) is 20.7. The summed E-state index contributed by atoms with van der Waals surface area (Å²) in [5, 5.41) is 8.81. The van der Waals surface area contributed by atoms with Crippen LogP contribution in [0.3, 0.4) is 0 Å². The third-order valence-corrected chi connectivity index (χ3v) is 4.98. The Labute approximate surface area is 176 Å². The van der Waals surface area contributed by atoms with E-state index in [0.717, 1.165) is 36.8 Å². The molecule has 0 radical (unpaired) electrons. The molecule has 1 aliphatic rings. The van der Waals surface area contributed by atoms with Gasteiger partial charge in [-0.1, -0.05) is 12.1 Å². The van der Waals surface area contributed by atoms with Crippen molar-refractivity contribution in [3.63, 3.8) is 0 Å². The third-order valence-electron chi connectivity index (χ3n) is 4.98. The van der Waals surface area contributed by atoms with Gasteiger partial charge in [-0.15, -0.1) is 0 Å². The highest BCUT2D eigenvalue weighted by atomic mass is 16.6. The molecule has 30 heavy (non-hydrogen) atoms. The van der Waals surface area contributed by atoms with Crippen LogP contribution in [0.1, 0.15) is 12.8 Å². The number of aliphatic hydroxyl groups excluding tert-OH is 1. The van der Waals surface area contributed by atoms with Crippen molar-refractivity contribution < 1.29 is 23.7 Å². The Morgan fingerprint density at radius 1 is 0.967 bits per heavy atom. The largest absolute Gasteiger partial charge is 0.492 e. The molecule has 1 aliphatic carbocycles. The molecule has 0 saturated heterocycles. The predicted octanol–water partition coefficient (Wildman–Crippen LogP) is 3.72. The average Bonchev–Trinajstić information content (AvgIpc) is 3.48. The van der Waals surface area contributed by atoms with Crippen molar-refractivity contribution in [2.24, 2.45) is 5.92 Å². The maximum Gasteiger partial charge on any atom is 0.400 e. The van der Waals surface area contributed by atoms with Crippen molar-refractivity contribution in [2.45, 2.75) is 12.8 Å². The lowest BCUT2D eigenvalue weighted by Gasteiger charge is -2.22. The summed E-state index contributed by atoms with van der Waals surface area (Å²) in [6.45, 7) is 4.50. The van der Waals surface area contributed by atoms with Crippen LogP contribution in [-0.2, 0) is 4.74 Å². The molecule has 0 spiro atoms. The van der Waals surface area contributed by atoms with E-state index in [9.17, 15) is 0 Å². The van der Waals surface area contributed by atoms with E-state index in [-0.39, 0.29) is 12.7 Å². The average molecular weight is 412 g/mol. The molecule has 0 amide bonds. The number of benzene rings is 2. The Morgan fingerprint density at radius 2 is 1.73 bits per heavy atom. The molecular formula is C23H28N2O5. The first-order valence-corrected chi connectivity index (χ1v) is 10.5. The van der Waals surface area contributed by atoms with Crippen LogP contribution in [0.4, 0.5) is 0 Å². The second kappa shape index (κ2) is 10.4. The zero-order chi connectivity index (χ0) is 20.6. The summed E-state index contributed by atoms with van der Waals surface area (Å²) in [7, 11) is 0. The Kier molecular flexibility index (Phi) is 7.18. The summed E-state index contributed by atoms with van der Waals surface area (Å²) in [6.07, 6.45) is 2.86. The van der Waals surface area contributed by atoms with Gasteiger partial charge in [-0.05, 0) is 55.2 Å². The maximum absolute atomic E-state index is 8.81. The summed E-state index contributed by atoms with van der Waals surface area (Å²) in [5.74, 6) is 2.25. The second-order valence-corrected chi connectivity index (χ2v) is 7.45. The molecule has 1 aromatic heterocycles. The summed E-state index contributed by atoms with van der Waals surface area (Å²) in [6, 6.07) is 15.0. The fourth-order valence-corrected chi connectivity index (χ4v) is 3.21. The van der Waals surface area contributed by atoms with Crippen molar-refractivity contribution >= 4 is 11.1 Å². The van der Waals surface area contributed by atoms with Crippen LogP contribution in [0, 0.1) is 5.92 Å². The molecule has 0 aliphatic heterocycles. The number of rotatable bonds is 13. The van der Waals surface area contributed by atoms with E-state index >= 15 is 0 Å². The normalized spacial score (nSPS) is 13.8. The van der Waals surface area contributed by atoms with Crippen molar-refractivity contribution in [2.75, 3.05) is 46.1 Å². The van der Waals surface area contributed by atoms with Gasteiger partial charge in [-0.2, -0.15) is 4.98 Å². The standard InChI is InChI=1S/C23H28N2O5/c26-13-16-27-14-11-25(17-18-5-6-18)12-15-28-19-7-9-20(10-8-19)29-23-24-21-3-1-2-4-22(21)30-23/h1-4,7-10,18,26H,5-6,11-17H2. The Balaban J connectivity index is 1.23. The minimum absolute atomic E-state index is 0.0673. The molecule has 0 unspecified atom stereocenters. The van der Waals surface area contributed by atoms with Gasteiger partial charge >= 0.3 is 6.08 Å². The van der Waals surface area contributed by atoms with E-state index in [1.165, 1.54) is 12.8 Å². The SMILES string of the molecule is OCCOCCN(CCOc1ccc(Oc2nc3ccccc3o2)cc1)CC1CC1.